The van der Waals surface area contributed by atoms with Gasteiger partial charge >= 0.3 is 0 Å². The van der Waals surface area contributed by atoms with Gasteiger partial charge in [0, 0.05) is 6.54 Å². The van der Waals surface area contributed by atoms with E-state index in [1.54, 1.807) is 6.33 Å². The third-order valence-corrected chi connectivity index (χ3v) is 3.54. The lowest BCUT2D eigenvalue weighted by atomic mass is 9.85. The predicted octanol–water partition coefficient (Wildman–Crippen LogP) is 3.52. The van der Waals surface area contributed by atoms with E-state index in [0.29, 0.717) is 30.2 Å². The van der Waals surface area contributed by atoms with E-state index in [2.05, 4.69) is 43.0 Å². The van der Waals surface area contributed by atoms with Crippen molar-refractivity contribution >= 4 is 5.82 Å². The van der Waals surface area contributed by atoms with Crippen molar-refractivity contribution in [3.05, 3.63) is 11.9 Å². The highest BCUT2D eigenvalue weighted by Gasteiger charge is 2.18. The maximum Gasteiger partial charge on any atom is 0.221 e. The summed E-state index contributed by atoms with van der Waals surface area (Å²) in [6.07, 6.45) is 1.56. The molecule has 0 saturated carbocycles. The molecule has 1 N–H and O–H groups in total. The Labute approximate surface area is 117 Å². The highest BCUT2D eigenvalue weighted by atomic mass is 16.5. The number of hydrogen-bond donors (Lipinski definition) is 1. The summed E-state index contributed by atoms with van der Waals surface area (Å²) in [7, 11) is 0. The number of aromatic nitrogens is 2. The van der Waals surface area contributed by atoms with Crippen molar-refractivity contribution in [3.63, 3.8) is 0 Å². The van der Waals surface area contributed by atoms with E-state index in [1.807, 2.05) is 13.8 Å². The van der Waals surface area contributed by atoms with Crippen LogP contribution in [0, 0.1) is 24.7 Å². The third-order valence-electron chi connectivity index (χ3n) is 3.54. The second-order valence-electron chi connectivity index (χ2n) is 5.62. The fraction of sp³-hybridized carbons (Fsp3) is 0.733. The van der Waals surface area contributed by atoms with Crippen LogP contribution in [0.25, 0.3) is 0 Å². The lowest BCUT2D eigenvalue weighted by Crippen LogP contribution is -2.25. The van der Waals surface area contributed by atoms with Gasteiger partial charge in [-0.1, -0.05) is 27.7 Å². The van der Waals surface area contributed by atoms with Crippen LogP contribution in [0.3, 0.4) is 0 Å². The molecule has 0 aliphatic heterocycles. The van der Waals surface area contributed by atoms with Crippen LogP contribution in [0.2, 0.25) is 0 Å². The molecular formula is C15H27N3O. The van der Waals surface area contributed by atoms with Crippen molar-refractivity contribution in [2.75, 3.05) is 18.5 Å². The molecule has 0 atom stereocenters. The molecule has 1 aromatic rings. The maximum atomic E-state index is 5.49. The summed E-state index contributed by atoms with van der Waals surface area (Å²) in [6.45, 7) is 14.6. The Hall–Kier alpha value is -1.32. The summed E-state index contributed by atoms with van der Waals surface area (Å²) in [5, 5.41) is 3.44. The van der Waals surface area contributed by atoms with Gasteiger partial charge in [0.05, 0.1) is 12.2 Å². The van der Waals surface area contributed by atoms with Crippen LogP contribution in [0.4, 0.5) is 5.82 Å². The standard InChI is InChI=1S/C15H27N3O/c1-7-19-15-12(6)14(17-9-18-15)16-8-13(10(2)3)11(4)5/h9-11,13H,7-8H2,1-6H3,(H,16,17,18). The molecule has 0 fully saturated rings. The molecule has 1 heterocycles. The van der Waals surface area contributed by atoms with Crippen molar-refractivity contribution in [1.29, 1.82) is 0 Å². The van der Waals surface area contributed by atoms with Crippen molar-refractivity contribution < 1.29 is 4.74 Å². The van der Waals surface area contributed by atoms with Crippen molar-refractivity contribution in [2.45, 2.75) is 41.5 Å². The van der Waals surface area contributed by atoms with Crippen molar-refractivity contribution in [3.8, 4) is 5.88 Å². The fourth-order valence-electron chi connectivity index (χ4n) is 2.35. The monoisotopic (exact) mass is 265 g/mol. The van der Waals surface area contributed by atoms with Gasteiger partial charge in [0.25, 0.3) is 0 Å². The molecule has 0 unspecified atom stereocenters. The molecule has 108 valence electrons. The molecule has 0 aliphatic rings. The summed E-state index contributed by atoms with van der Waals surface area (Å²) in [5.41, 5.74) is 0.982. The predicted molar refractivity (Wildman–Crippen MR) is 79.6 cm³/mol. The first kappa shape index (κ1) is 15.7. The number of nitrogens with one attached hydrogen (secondary N) is 1. The van der Waals surface area contributed by atoms with Gasteiger partial charge in [-0.15, -0.1) is 0 Å². The Balaban J connectivity index is 2.74. The normalized spacial score (nSPS) is 11.4. The number of nitrogens with zero attached hydrogens (tertiary/aromatic N) is 2. The molecule has 4 heteroatoms. The van der Waals surface area contributed by atoms with Crippen LogP contribution in [-0.2, 0) is 0 Å². The second-order valence-corrected chi connectivity index (χ2v) is 5.62. The van der Waals surface area contributed by atoms with E-state index >= 15 is 0 Å². The lowest BCUT2D eigenvalue weighted by molar-refractivity contribution is 0.303. The minimum atomic E-state index is 0.623. The first-order valence-electron chi connectivity index (χ1n) is 7.15. The van der Waals surface area contributed by atoms with E-state index in [1.165, 1.54) is 0 Å². The summed E-state index contributed by atoms with van der Waals surface area (Å²) in [4.78, 5) is 8.46. The maximum absolute atomic E-state index is 5.49. The van der Waals surface area contributed by atoms with Gasteiger partial charge in [0.2, 0.25) is 5.88 Å². The average molecular weight is 265 g/mol. The zero-order valence-electron chi connectivity index (χ0n) is 13.0. The Morgan fingerprint density at radius 2 is 1.79 bits per heavy atom. The van der Waals surface area contributed by atoms with Gasteiger partial charge in [-0.3, -0.25) is 0 Å². The van der Waals surface area contributed by atoms with E-state index in [0.717, 1.165) is 17.9 Å². The van der Waals surface area contributed by atoms with Gasteiger partial charge in [-0.05, 0) is 31.6 Å². The number of ether oxygens (including phenoxy) is 1. The highest BCUT2D eigenvalue weighted by Crippen LogP contribution is 2.24. The molecule has 0 aliphatic carbocycles. The molecule has 0 saturated heterocycles. The van der Waals surface area contributed by atoms with Crippen LogP contribution >= 0.6 is 0 Å². The zero-order valence-corrected chi connectivity index (χ0v) is 13.0. The summed E-state index contributed by atoms with van der Waals surface area (Å²) in [6, 6.07) is 0. The zero-order chi connectivity index (χ0) is 14.4. The molecule has 0 radical (unpaired) electrons. The quantitative estimate of drug-likeness (QED) is 0.819. The van der Waals surface area contributed by atoms with Gasteiger partial charge in [-0.25, -0.2) is 9.97 Å². The minimum Gasteiger partial charge on any atom is -0.478 e. The van der Waals surface area contributed by atoms with Crippen LogP contribution in [-0.4, -0.2) is 23.1 Å². The largest absolute Gasteiger partial charge is 0.478 e. The molecule has 0 bridgehead atoms. The van der Waals surface area contributed by atoms with Crippen LogP contribution < -0.4 is 10.1 Å². The lowest BCUT2D eigenvalue weighted by Gasteiger charge is -2.25. The molecule has 1 aromatic heterocycles. The molecular weight excluding hydrogens is 238 g/mol. The SMILES string of the molecule is CCOc1ncnc(NCC(C(C)C)C(C)C)c1C. The van der Waals surface area contributed by atoms with Crippen LogP contribution in [0.1, 0.15) is 40.2 Å². The van der Waals surface area contributed by atoms with Crippen LogP contribution in [0.15, 0.2) is 6.33 Å². The van der Waals surface area contributed by atoms with E-state index < -0.39 is 0 Å². The van der Waals surface area contributed by atoms with Gasteiger partial charge < -0.3 is 10.1 Å². The number of anilines is 1. The van der Waals surface area contributed by atoms with Gasteiger partial charge in [0.1, 0.15) is 12.1 Å². The van der Waals surface area contributed by atoms with Gasteiger partial charge in [-0.2, -0.15) is 0 Å². The summed E-state index contributed by atoms with van der Waals surface area (Å²) in [5.74, 6) is 3.49. The third kappa shape index (κ3) is 4.37. The molecule has 19 heavy (non-hydrogen) atoms. The summed E-state index contributed by atoms with van der Waals surface area (Å²) < 4.78 is 5.49. The van der Waals surface area contributed by atoms with E-state index in [4.69, 9.17) is 4.74 Å². The second kappa shape index (κ2) is 7.31. The molecule has 4 nitrogen and oxygen atoms in total. The Morgan fingerprint density at radius 1 is 1.16 bits per heavy atom. The molecule has 0 aromatic carbocycles. The molecule has 0 spiro atoms. The van der Waals surface area contributed by atoms with Crippen molar-refractivity contribution in [1.82, 2.24) is 9.97 Å². The topological polar surface area (TPSA) is 47.0 Å². The van der Waals surface area contributed by atoms with E-state index in [-0.39, 0.29) is 0 Å². The Morgan fingerprint density at radius 3 is 2.32 bits per heavy atom. The number of rotatable bonds is 7. The Kier molecular flexibility index (Phi) is 6.06. The summed E-state index contributed by atoms with van der Waals surface area (Å²) >= 11 is 0. The average Bonchev–Trinajstić information content (AvgIpc) is 2.33. The van der Waals surface area contributed by atoms with E-state index in [9.17, 15) is 0 Å². The fourth-order valence-corrected chi connectivity index (χ4v) is 2.35. The smallest absolute Gasteiger partial charge is 0.221 e. The molecule has 1 rings (SSSR count). The minimum absolute atomic E-state index is 0.623. The van der Waals surface area contributed by atoms with Crippen LogP contribution in [0.5, 0.6) is 5.88 Å². The first-order chi connectivity index (χ1) is 8.97. The Bertz CT molecular complexity index is 383. The highest BCUT2D eigenvalue weighted by molar-refractivity contribution is 5.47. The van der Waals surface area contributed by atoms with Gasteiger partial charge in [0.15, 0.2) is 0 Å². The number of hydrogen-bond acceptors (Lipinski definition) is 4. The van der Waals surface area contributed by atoms with Crippen molar-refractivity contribution in [2.24, 2.45) is 17.8 Å². The first-order valence-corrected chi connectivity index (χ1v) is 7.15. The molecule has 0 amide bonds.